The van der Waals surface area contributed by atoms with Crippen LogP contribution >= 0.6 is 0 Å². The van der Waals surface area contributed by atoms with Gasteiger partial charge in [0.25, 0.3) is 0 Å². The van der Waals surface area contributed by atoms with Gasteiger partial charge in [-0.05, 0) is 101 Å². The molecule has 3 aromatic carbocycles. The monoisotopic (exact) mass is 1240 g/mol. The Kier molecular flexibility index (Phi) is 29.8. The molecule has 0 spiro atoms. The number of phenols is 1. The molecule has 0 radical (unpaired) electrons. The van der Waals surface area contributed by atoms with E-state index in [0.717, 1.165) is 0 Å². The molecule has 0 aromatic heterocycles. The summed E-state index contributed by atoms with van der Waals surface area (Å²) in [5, 5.41) is 70.1. The van der Waals surface area contributed by atoms with Crippen molar-refractivity contribution in [3.05, 3.63) is 102 Å². The Balaban J connectivity index is 1.62. The predicted molar refractivity (Wildman–Crippen MR) is 322 cm³/mol. The van der Waals surface area contributed by atoms with Crippen LogP contribution in [0.5, 0.6) is 5.75 Å². The van der Waals surface area contributed by atoms with Gasteiger partial charge < -0.3 is 95.9 Å². The van der Waals surface area contributed by atoms with Crippen LogP contribution in [0.4, 0.5) is 0 Å². The summed E-state index contributed by atoms with van der Waals surface area (Å²) in [6.45, 7) is 1.95. The van der Waals surface area contributed by atoms with Crippen molar-refractivity contribution in [1.82, 2.24) is 47.4 Å². The molecule has 1 heterocycles. The topological polar surface area (TPSA) is 505 Å². The molecule has 89 heavy (non-hydrogen) atoms. The zero-order chi connectivity index (χ0) is 65.7. The minimum atomic E-state index is -1.80. The molecule has 0 bridgehead atoms. The van der Waals surface area contributed by atoms with Gasteiger partial charge in [0.2, 0.25) is 53.2 Å². The lowest BCUT2D eigenvalue weighted by atomic mass is 10.0. The molecule has 30 heteroatoms. The van der Waals surface area contributed by atoms with Gasteiger partial charge >= 0.3 is 11.9 Å². The number of carboxylic acids is 2. The number of likely N-dealkylation sites (tertiary alicyclic amines) is 1. The average Bonchev–Trinajstić information content (AvgIpc) is 3.10. The Hall–Kier alpha value is -9.26. The highest BCUT2D eigenvalue weighted by Crippen LogP contribution is 2.21. The SMILES string of the molecule is C[C@@H](O)[C@H](NC(=O)[C@@H]1CCCN1C(=O)[C@H](CCCCN)NC(=O)[C@@H](NC(=O)[C@H](Cc1ccc(O)cc1)NC(=O)[C@H](Cc1ccccc1)NC(=O)[C@H](Cc1ccccc1)NC(=O)CNC(=O)[C@H](CCCN=C(N)N)NC(=O)[C@@H](N)CCC(=O)O)[C@@H](C)O)C(=O)O. The van der Waals surface area contributed by atoms with Crippen molar-refractivity contribution in [2.45, 2.75) is 157 Å². The number of unbranched alkanes of at least 4 members (excludes halogenated alkanes) is 1. The van der Waals surface area contributed by atoms with E-state index in [9.17, 15) is 73.2 Å². The number of carbonyl (C=O) groups excluding carboxylic acids is 9. The van der Waals surface area contributed by atoms with Crippen LogP contribution in [-0.2, 0) is 72.0 Å². The summed E-state index contributed by atoms with van der Waals surface area (Å²) in [5.74, 6) is -11.1. The first-order valence-electron chi connectivity index (χ1n) is 29.2. The molecule has 3 aromatic rings. The number of carboxylic acid groups (broad SMARTS) is 2. The smallest absolute Gasteiger partial charge is 0.328 e. The van der Waals surface area contributed by atoms with E-state index in [1.165, 1.54) is 43.0 Å². The molecule has 1 saturated heterocycles. The Morgan fingerprint density at radius 3 is 1.61 bits per heavy atom. The average molecular weight is 1250 g/mol. The second-order valence-corrected chi connectivity index (χ2v) is 21.6. The third-order valence-corrected chi connectivity index (χ3v) is 14.4. The number of hydrogen-bond donors (Lipinski definition) is 17. The van der Waals surface area contributed by atoms with Gasteiger partial charge in [0.05, 0.1) is 24.8 Å². The van der Waals surface area contributed by atoms with Crippen molar-refractivity contribution >= 4 is 71.1 Å². The van der Waals surface area contributed by atoms with Crippen LogP contribution in [0.2, 0.25) is 0 Å². The summed E-state index contributed by atoms with van der Waals surface area (Å²) < 4.78 is 0. The number of aliphatic hydroxyl groups is 2. The summed E-state index contributed by atoms with van der Waals surface area (Å²) in [4.78, 5) is 154. The van der Waals surface area contributed by atoms with Gasteiger partial charge in [0, 0.05) is 38.8 Å². The van der Waals surface area contributed by atoms with Crippen molar-refractivity contribution in [3.63, 3.8) is 0 Å². The molecule has 11 atom stereocenters. The van der Waals surface area contributed by atoms with E-state index >= 15 is 0 Å². The van der Waals surface area contributed by atoms with Crippen LogP contribution in [0.15, 0.2) is 89.9 Å². The molecule has 1 aliphatic rings. The van der Waals surface area contributed by atoms with Crippen LogP contribution in [0.3, 0.4) is 0 Å². The van der Waals surface area contributed by atoms with Gasteiger partial charge in [-0.2, -0.15) is 0 Å². The normalized spacial score (nSPS) is 16.1. The quantitative estimate of drug-likeness (QED) is 0.0149. The lowest BCUT2D eigenvalue weighted by Crippen LogP contribution is -2.62. The summed E-state index contributed by atoms with van der Waals surface area (Å²) in [6.07, 6.45) is -3.16. The van der Waals surface area contributed by atoms with Crippen LogP contribution < -0.4 is 65.5 Å². The van der Waals surface area contributed by atoms with Crippen LogP contribution in [0.1, 0.15) is 88.3 Å². The van der Waals surface area contributed by atoms with Gasteiger partial charge in [-0.1, -0.05) is 72.8 Å². The molecular weight excluding hydrogens is 1160 g/mol. The number of aromatic hydroxyl groups is 1. The van der Waals surface area contributed by atoms with Crippen molar-refractivity contribution < 1.29 is 78.3 Å². The predicted octanol–water partition coefficient (Wildman–Crippen LogP) is -3.86. The van der Waals surface area contributed by atoms with E-state index in [4.69, 9.17) is 28.0 Å². The summed E-state index contributed by atoms with van der Waals surface area (Å²) in [5.41, 5.74) is 24.0. The molecule has 0 saturated carbocycles. The number of nitrogens with zero attached hydrogens (tertiary/aromatic N) is 2. The van der Waals surface area contributed by atoms with E-state index in [1.54, 1.807) is 60.7 Å². The molecule has 1 fully saturated rings. The minimum Gasteiger partial charge on any atom is -0.508 e. The van der Waals surface area contributed by atoms with Crippen LogP contribution in [-0.4, -0.2) is 194 Å². The molecule has 9 amide bonds. The highest BCUT2D eigenvalue weighted by Gasteiger charge is 2.41. The number of nitrogens with two attached hydrogens (primary N) is 4. The Bertz CT molecular complexity index is 2900. The number of aliphatic hydroxyl groups excluding tert-OH is 2. The molecule has 30 nitrogen and oxygen atoms in total. The number of amides is 9. The highest BCUT2D eigenvalue weighted by molar-refractivity contribution is 5.98. The molecule has 486 valence electrons. The molecule has 4 rings (SSSR count). The van der Waals surface area contributed by atoms with Crippen molar-refractivity contribution in [2.75, 3.05) is 26.2 Å². The number of aliphatic carboxylic acids is 2. The number of guanidine groups is 1. The largest absolute Gasteiger partial charge is 0.508 e. The Labute approximate surface area is 514 Å². The maximum atomic E-state index is 14.8. The molecular formula is C59H84N14O16. The van der Waals surface area contributed by atoms with Gasteiger partial charge in [0.15, 0.2) is 12.0 Å². The Morgan fingerprint density at radius 2 is 1.09 bits per heavy atom. The van der Waals surface area contributed by atoms with E-state index < -0.39 is 145 Å². The lowest BCUT2D eigenvalue weighted by Gasteiger charge is -2.31. The number of benzene rings is 3. The Morgan fingerprint density at radius 1 is 0.584 bits per heavy atom. The summed E-state index contributed by atoms with van der Waals surface area (Å²) >= 11 is 0. The molecule has 0 unspecified atom stereocenters. The summed E-state index contributed by atoms with van der Waals surface area (Å²) in [7, 11) is 0. The first-order chi connectivity index (χ1) is 42.3. The van der Waals surface area contributed by atoms with Crippen molar-refractivity contribution in [3.8, 4) is 5.75 Å². The first-order valence-corrected chi connectivity index (χ1v) is 29.2. The van der Waals surface area contributed by atoms with E-state index in [1.807, 2.05) is 0 Å². The second kappa shape index (κ2) is 36.8. The number of rotatable bonds is 37. The fourth-order valence-electron chi connectivity index (χ4n) is 9.55. The minimum absolute atomic E-state index is 0.0140. The van der Waals surface area contributed by atoms with Crippen LogP contribution in [0, 0.1) is 0 Å². The zero-order valence-corrected chi connectivity index (χ0v) is 49.7. The third kappa shape index (κ3) is 24.8. The molecule has 1 aliphatic heterocycles. The second-order valence-electron chi connectivity index (χ2n) is 21.6. The molecule has 0 aliphatic carbocycles. The number of nitrogens with one attached hydrogen (secondary N) is 8. The highest BCUT2D eigenvalue weighted by atomic mass is 16.4. The van der Waals surface area contributed by atoms with E-state index in [-0.39, 0.29) is 82.7 Å². The summed E-state index contributed by atoms with van der Waals surface area (Å²) in [6, 6.07) is 9.32. The molecule has 21 N–H and O–H groups in total. The number of aliphatic imine (C=N–C) groups is 1. The first kappa shape index (κ1) is 72.2. The van der Waals surface area contributed by atoms with Gasteiger partial charge in [-0.3, -0.25) is 52.9 Å². The number of phenolic OH excluding ortho intramolecular Hbond substituents is 1. The number of hydrogen-bond acceptors (Lipinski definition) is 17. The van der Waals surface area contributed by atoms with Gasteiger partial charge in [-0.25, -0.2) is 4.79 Å². The van der Waals surface area contributed by atoms with Gasteiger partial charge in [0.1, 0.15) is 48.0 Å². The lowest BCUT2D eigenvalue weighted by molar-refractivity contribution is -0.147. The van der Waals surface area contributed by atoms with Crippen molar-refractivity contribution in [2.24, 2.45) is 27.9 Å². The van der Waals surface area contributed by atoms with Gasteiger partial charge in [-0.15, -0.1) is 0 Å². The third-order valence-electron chi connectivity index (χ3n) is 14.4. The standard InChI is InChI=1S/C59H84N14O16/c1-33(74)48(56(86)68-41(17-9-10-26-60)57(87)73-28-12-19-45(73)55(85)72-49(34(2)75)58(88)89)71-54(84)44(31-37-20-22-38(76)23-21-37)70-53(83)43(30-36-15-7-4-8-16-36)69-52(82)42(29-35-13-5-3-6-14-35)66-46(77)32-65-51(81)40(18-11-27-64-59(62)63)67-50(80)39(61)24-25-47(78)79/h3-8,13-16,20-23,33-34,39-45,48-49,74-76H,9-12,17-19,24-32,60-61H2,1-2H3,(H,65,81)(H,66,77)(H,67,80)(H,68,86)(H,69,82)(H,70,83)(H,71,84)(H,72,85)(H,78,79)(H,88,89)(H4,62,63,64)/t33-,34-,39+,40+,41+,42+,43+,44+,45+,48+,49+/m1/s1. The van der Waals surface area contributed by atoms with E-state index in [0.29, 0.717) is 36.0 Å². The maximum absolute atomic E-state index is 14.8. The van der Waals surface area contributed by atoms with Crippen LogP contribution in [0.25, 0.3) is 0 Å². The fraction of sp³-hybridized carbons (Fsp3) is 0.492. The zero-order valence-electron chi connectivity index (χ0n) is 49.7. The number of carbonyl (C=O) groups is 11. The fourth-order valence-corrected chi connectivity index (χ4v) is 9.55. The van der Waals surface area contributed by atoms with E-state index in [2.05, 4.69) is 47.5 Å². The van der Waals surface area contributed by atoms with Crippen molar-refractivity contribution in [1.29, 1.82) is 0 Å². The maximum Gasteiger partial charge on any atom is 0.328 e.